The third-order valence-corrected chi connectivity index (χ3v) is 7.69. The maximum atomic E-state index is 13.2. The second-order valence-electron chi connectivity index (χ2n) is 10.4. The van der Waals surface area contributed by atoms with Gasteiger partial charge in [-0.3, -0.25) is 14.6 Å². The van der Waals surface area contributed by atoms with Gasteiger partial charge in [-0.05, 0) is 35.6 Å². The van der Waals surface area contributed by atoms with Gasteiger partial charge in [0.05, 0.1) is 12.2 Å². The number of phenolic OH excluding ortho intramolecular Hbond substituents is 1. The van der Waals surface area contributed by atoms with E-state index in [0.29, 0.717) is 11.4 Å². The Labute approximate surface area is 230 Å². The predicted molar refractivity (Wildman–Crippen MR) is 148 cm³/mol. The first-order valence-corrected chi connectivity index (χ1v) is 14.1. The molecule has 1 aliphatic heterocycles. The maximum absolute atomic E-state index is 13.2. The van der Waals surface area contributed by atoms with Crippen LogP contribution in [0.4, 0.5) is 18.9 Å². The number of carbonyl (C=O) groups is 1. The number of benzene rings is 2. The number of amides is 1. The van der Waals surface area contributed by atoms with Crippen LogP contribution in [-0.4, -0.2) is 70.8 Å². The molecule has 0 aliphatic carbocycles. The van der Waals surface area contributed by atoms with Crippen LogP contribution in [0.5, 0.6) is 5.75 Å². The molecule has 1 fully saturated rings. The van der Waals surface area contributed by atoms with Crippen molar-refractivity contribution in [3.05, 3.63) is 47.0 Å². The highest BCUT2D eigenvalue weighted by atomic mass is 32.2. The summed E-state index contributed by atoms with van der Waals surface area (Å²) in [4.78, 5) is 21.5. The average Bonchev–Trinajstić information content (AvgIpc) is 3.27. The number of phenols is 1. The van der Waals surface area contributed by atoms with Gasteiger partial charge in [0.15, 0.2) is 5.58 Å². The second-order valence-corrected chi connectivity index (χ2v) is 11.5. The van der Waals surface area contributed by atoms with Crippen molar-refractivity contribution in [3.63, 3.8) is 0 Å². The number of hydrogen-bond acceptors (Lipinski definition) is 7. The van der Waals surface area contributed by atoms with Crippen molar-refractivity contribution in [2.75, 3.05) is 50.3 Å². The van der Waals surface area contributed by atoms with Gasteiger partial charge in [-0.15, -0.1) is 0 Å². The van der Waals surface area contributed by atoms with Crippen molar-refractivity contribution in [1.82, 2.24) is 14.8 Å². The fraction of sp³-hybridized carbons (Fsp3) is 0.500. The number of aromatic nitrogens is 1. The van der Waals surface area contributed by atoms with Crippen LogP contribution in [0.15, 0.2) is 40.0 Å². The van der Waals surface area contributed by atoms with Gasteiger partial charge in [0.1, 0.15) is 16.8 Å². The van der Waals surface area contributed by atoms with E-state index in [0.717, 1.165) is 49.9 Å². The van der Waals surface area contributed by atoms with E-state index in [1.807, 2.05) is 19.9 Å². The lowest BCUT2D eigenvalue weighted by Gasteiger charge is -2.34. The molecule has 0 spiro atoms. The maximum Gasteiger partial charge on any atom is 0.420 e. The molecule has 0 bridgehead atoms. The highest BCUT2D eigenvalue weighted by Gasteiger charge is 2.34. The topological polar surface area (TPSA) is 81.8 Å². The van der Waals surface area contributed by atoms with E-state index in [9.17, 15) is 23.1 Å². The molecule has 4 rings (SSSR count). The minimum atomic E-state index is -4.49. The summed E-state index contributed by atoms with van der Waals surface area (Å²) >= 11 is 1.30. The Morgan fingerprint density at radius 2 is 1.77 bits per heavy atom. The van der Waals surface area contributed by atoms with Crippen molar-refractivity contribution in [2.24, 2.45) is 0 Å². The highest BCUT2D eigenvalue weighted by molar-refractivity contribution is 7.99. The molecule has 212 valence electrons. The summed E-state index contributed by atoms with van der Waals surface area (Å²) in [5.74, 6) is 0.961. The number of halogens is 3. The molecule has 11 heteroatoms. The molecule has 0 unspecified atom stereocenters. The largest absolute Gasteiger partial charge is 0.508 e. The van der Waals surface area contributed by atoms with E-state index >= 15 is 0 Å². The van der Waals surface area contributed by atoms with Gasteiger partial charge in [-0.2, -0.15) is 13.2 Å². The summed E-state index contributed by atoms with van der Waals surface area (Å²) in [5, 5.41) is 13.7. The summed E-state index contributed by atoms with van der Waals surface area (Å²) in [7, 11) is 0. The molecule has 0 saturated carbocycles. The third kappa shape index (κ3) is 7.06. The van der Waals surface area contributed by atoms with Crippen LogP contribution in [0.1, 0.15) is 56.2 Å². The van der Waals surface area contributed by atoms with Crippen molar-refractivity contribution in [1.29, 1.82) is 0 Å². The van der Waals surface area contributed by atoms with Crippen molar-refractivity contribution in [3.8, 4) is 5.75 Å². The van der Waals surface area contributed by atoms with Gasteiger partial charge in [0, 0.05) is 44.0 Å². The van der Waals surface area contributed by atoms with Gasteiger partial charge in [-0.25, -0.2) is 4.98 Å². The molecule has 0 atom stereocenters. The molecule has 1 aliphatic rings. The number of oxazole rings is 1. The molecule has 2 aromatic carbocycles. The number of para-hydroxylation sites is 1. The quantitative estimate of drug-likeness (QED) is 0.302. The summed E-state index contributed by atoms with van der Waals surface area (Å²) in [6, 6.07) is 7.41. The number of fused-ring (bicyclic) bond motifs is 1. The SMILES string of the molecule is CC(C)c1ccc(O)c(C(C)C)c1NC(=O)CN1CCN(CCSc2nc3cccc(C(F)(F)F)c3o2)CC1. The molecule has 7 nitrogen and oxygen atoms in total. The summed E-state index contributed by atoms with van der Waals surface area (Å²) in [6.45, 7) is 12.1. The Bertz CT molecular complexity index is 1300. The van der Waals surface area contributed by atoms with E-state index in [1.54, 1.807) is 6.07 Å². The minimum Gasteiger partial charge on any atom is -0.508 e. The fourth-order valence-corrected chi connectivity index (χ4v) is 5.69. The molecule has 0 radical (unpaired) electrons. The van der Waals surface area contributed by atoms with E-state index in [2.05, 4.69) is 33.9 Å². The molecule has 1 amide bonds. The number of hydrogen-bond donors (Lipinski definition) is 2. The van der Waals surface area contributed by atoms with E-state index in [-0.39, 0.29) is 46.4 Å². The summed E-state index contributed by atoms with van der Waals surface area (Å²) < 4.78 is 45.1. The monoisotopic (exact) mass is 564 g/mol. The third-order valence-electron chi connectivity index (χ3n) is 6.88. The molecule has 1 aromatic heterocycles. The van der Waals surface area contributed by atoms with Crippen LogP contribution < -0.4 is 5.32 Å². The van der Waals surface area contributed by atoms with Gasteiger partial charge in [0.25, 0.3) is 5.22 Å². The molecule has 2 heterocycles. The standard InChI is InChI=1S/C28H35F3N4O3S/c1-17(2)19-8-9-22(36)24(18(3)4)25(19)33-23(37)16-35-12-10-34(11-13-35)14-15-39-27-32-21-7-5-6-20(26(21)38-27)28(29,30)31/h5-9,17-18,36H,10-16H2,1-4H3,(H,33,37). The number of rotatable bonds is 9. The van der Waals surface area contributed by atoms with Crippen molar-refractivity contribution >= 4 is 34.5 Å². The van der Waals surface area contributed by atoms with Crippen LogP contribution in [0.25, 0.3) is 11.1 Å². The first kappa shape index (κ1) is 29.2. The van der Waals surface area contributed by atoms with Crippen LogP contribution in [0.2, 0.25) is 0 Å². The lowest BCUT2D eigenvalue weighted by atomic mass is 9.91. The summed E-state index contributed by atoms with van der Waals surface area (Å²) in [5.41, 5.74) is 1.62. The highest BCUT2D eigenvalue weighted by Crippen LogP contribution is 2.39. The van der Waals surface area contributed by atoms with Crippen molar-refractivity contribution < 1.29 is 27.5 Å². The van der Waals surface area contributed by atoms with E-state index in [4.69, 9.17) is 4.42 Å². The van der Waals surface area contributed by atoms with Crippen molar-refractivity contribution in [2.45, 2.75) is 50.9 Å². The minimum absolute atomic E-state index is 0.0573. The zero-order valence-corrected chi connectivity index (χ0v) is 23.5. The Morgan fingerprint density at radius 3 is 2.41 bits per heavy atom. The zero-order valence-electron chi connectivity index (χ0n) is 22.6. The predicted octanol–water partition coefficient (Wildman–Crippen LogP) is 6.15. The van der Waals surface area contributed by atoms with Crippen LogP contribution in [-0.2, 0) is 11.0 Å². The van der Waals surface area contributed by atoms with Gasteiger partial charge in [0.2, 0.25) is 5.91 Å². The van der Waals surface area contributed by atoms with Crippen LogP contribution in [0, 0.1) is 0 Å². The van der Waals surface area contributed by atoms with Gasteiger partial charge in [-0.1, -0.05) is 51.6 Å². The number of aromatic hydroxyl groups is 1. The number of alkyl halides is 3. The number of nitrogens with zero attached hydrogens (tertiary/aromatic N) is 3. The number of thioether (sulfide) groups is 1. The first-order valence-electron chi connectivity index (χ1n) is 13.1. The zero-order chi connectivity index (χ0) is 28.3. The molecular weight excluding hydrogens is 529 g/mol. The lowest BCUT2D eigenvalue weighted by molar-refractivity contribution is -0.136. The van der Waals surface area contributed by atoms with E-state index < -0.39 is 11.7 Å². The number of nitrogens with one attached hydrogen (secondary N) is 1. The second kappa shape index (κ2) is 12.2. The Morgan fingerprint density at radius 1 is 1.08 bits per heavy atom. The molecule has 1 saturated heterocycles. The smallest absolute Gasteiger partial charge is 0.420 e. The number of anilines is 1. The number of piperazine rings is 1. The molecule has 39 heavy (non-hydrogen) atoms. The number of carbonyl (C=O) groups excluding carboxylic acids is 1. The van der Waals surface area contributed by atoms with Crippen LogP contribution >= 0.6 is 11.8 Å². The Kier molecular flexibility index (Phi) is 9.13. The average molecular weight is 565 g/mol. The fourth-order valence-electron chi connectivity index (χ4n) is 4.86. The normalized spacial score (nSPS) is 15.5. The Balaban J connectivity index is 1.27. The molecular formula is C28H35F3N4O3S. The van der Waals surface area contributed by atoms with E-state index in [1.165, 1.54) is 23.9 Å². The molecule has 2 N–H and O–H groups in total. The Hall–Kier alpha value is -2.76. The van der Waals surface area contributed by atoms with Gasteiger partial charge >= 0.3 is 6.18 Å². The van der Waals surface area contributed by atoms with Gasteiger partial charge < -0.3 is 14.8 Å². The first-order chi connectivity index (χ1) is 18.4. The molecule has 3 aromatic rings. The summed E-state index contributed by atoms with van der Waals surface area (Å²) in [6.07, 6.45) is -4.49. The lowest BCUT2D eigenvalue weighted by Crippen LogP contribution is -2.49. The van der Waals surface area contributed by atoms with Crippen LogP contribution in [0.3, 0.4) is 0 Å².